The van der Waals surface area contributed by atoms with Gasteiger partial charge in [0.2, 0.25) is 0 Å². The van der Waals surface area contributed by atoms with E-state index in [0.717, 1.165) is 12.8 Å². The number of carbonyl (C=O) groups is 1. The number of likely N-dealkylation sites (tertiary alicyclic amines) is 1. The maximum absolute atomic E-state index is 15.0. The lowest BCUT2D eigenvalue weighted by atomic mass is 10.1. The lowest BCUT2D eigenvalue weighted by Crippen LogP contribution is -2.25. The fraction of sp³-hybridized carbons (Fsp3) is 0.414. The van der Waals surface area contributed by atoms with Crippen LogP contribution in [-0.2, 0) is 14.3 Å². The monoisotopic (exact) mass is 603 g/mol. The third-order valence-electron chi connectivity index (χ3n) is 7.09. The van der Waals surface area contributed by atoms with Gasteiger partial charge in [0.25, 0.3) is 5.91 Å². The van der Waals surface area contributed by atoms with Crippen LogP contribution in [0.4, 0.5) is 26.0 Å². The smallest absolute Gasteiger partial charge is 0.284 e. The summed E-state index contributed by atoms with van der Waals surface area (Å²) in [5.41, 5.74) is 1.25. The van der Waals surface area contributed by atoms with Crippen molar-refractivity contribution in [2.75, 3.05) is 63.3 Å². The molecule has 2 atom stereocenters. The summed E-state index contributed by atoms with van der Waals surface area (Å²) in [6, 6.07) is 7.44. The molecule has 0 bridgehead atoms. The number of nitrogens with zero attached hydrogens (tertiary/aromatic N) is 3. The summed E-state index contributed by atoms with van der Waals surface area (Å²) >= 11 is 5.93. The van der Waals surface area contributed by atoms with Gasteiger partial charge in [-0.15, -0.1) is 0 Å². The van der Waals surface area contributed by atoms with Gasteiger partial charge in [-0.25, -0.2) is 18.7 Å². The highest BCUT2D eigenvalue weighted by Crippen LogP contribution is 2.35. The Morgan fingerprint density at radius 3 is 2.93 bits per heavy atom. The molecule has 2 aliphatic rings. The van der Waals surface area contributed by atoms with E-state index in [1.54, 1.807) is 12.1 Å². The molecule has 10 nitrogen and oxygen atoms in total. The topological polar surface area (TPSA) is 118 Å². The van der Waals surface area contributed by atoms with Crippen LogP contribution >= 0.6 is 11.6 Å². The number of amides is 1. The number of hydrogen-bond acceptors (Lipinski definition) is 9. The Balaban J connectivity index is 1.36. The van der Waals surface area contributed by atoms with Gasteiger partial charge in [0.05, 0.1) is 48.8 Å². The predicted octanol–water partition coefficient (Wildman–Crippen LogP) is 4.46. The van der Waals surface area contributed by atoms with Crippen molar-refractivity contribution in [3.05, 3.63) is 59.4 Å². The number of aromatic nitrogens is 2. The minimum atomic E-state index is -0.936. The van der Waals surface area contributed by atoms with Crippen molar-refractivity contribution in [1.82, 2.24) is 14.9 Å². The Labute approximate surface area is 246 Å². The molecular weight excluding hydrogens is 572 g/mol. The molecule has 0 saturated carbocycles. The van der Waals surface area contributed by atoms with Crippen molar-refractivity contribution < 1.29 is 32.9 Å². The molecule has 0 radical (unpaired) electrons. The summed E-state index contributed by atoms with van der Waals surface area (Å²) in [4.78, 5) is 23.5. The van der Waals surface area contributed by atoms with Crippen LogP contribution in [0.25, 0.3) is 10.9 Å². The first kappa shape index (κ1) is 30.1. The summed E-state index contributed by atoms with van der Waals surface area (Å²) in [6.45, 7) is 3.32. The lowest BCUT2D eigenvalue weighted by Gasteiger charge is -2.17. The molecule has 1 amide bonds. The molecule has 0 aliphatic carbocycles. The largest absolute Gasteiger partial charge is 0.491 e. The van der Waals surface area contributed by atoms with Crippen LogP contribution in [0.1, 0.15) is 12.8 Å². The molecular formula is C29H32ClF2N5O5. The van der Waals surface area contributed by atoms with Crippen LogP contribution in [-0.4, -0.2) is 84.7 Å². The third-order valence-corrected chi connectivity index (χ3v) is 7.37. The summed E-state index contributed by atoms with van der Waals surface area (Å²) < 4.78 is 45.7. The second-order valence-corrected chi connectivity index (χ2v) is 10.6. The molecule has 13 heteroatoms. The molecule has 2 fully saturated rings. The molecule has 3 aromatic rings. The van der Waals surface area contributed by atoms with Crippen molar-refractivity contribution >= 4 is 45.6 Å². The van der Waals surface area contributed by atoms with Crippen LogP contribution < -0.4 is 15.4 Å². The highest BCUT2D eigenvalue weighted by molar-refractivity contribution is 6.31. The van der Waals surface area contributed by atoms with Gasteiger partial charge in [-0.1, -0.05) is 11.6 Å². The maximum Gasteiger partial charge on any atom is 0.284 e. The summed E-state index contributed by atoms with van der Waals surface area (Å²) in [6.07, 6.45) is 4.19. The van der Waals surface area contributed by atoms with E-state index < -0.39 is 17.6 Å². The zero-order chi connectivity index (χ0) is 29.5. The zero-order valence-electron chi connectivity index (χ0n) is 22.8. The molecule has 2 aromatic carbocycles. The fourth-order valence-corrected chi connectivity index (χ4v) is 5.02. The summed E-state index contributed by atoms with van der Waals surface area (Å²) in [7, 11) is 0. The van der Waals surface area contributed by atoms with E-state index in [9.17, 15) is 13.6 Å². The summed E-state index contributed by atoms with van der Waals surface area (Å²) in [5, 5.41) is 15.1. The van der Waals surface area contributed by atoms with Gasteiger partial charge in [-0.3, -0.25) is 9.69 Å². The normalized spacial score (nSPS) is 19.4. The first-order valence-corrected chi connectivity index (χ1v) is 14.1. The Bertz CT molecular complexity index is 1440. The van der Waals surface area contributed by atoms with Crippen molar-refractivity contribution in [2.45, 2.75) is 18.9 Å². The maximum atomic E-state index is 15.0. The quantitative estimate of drug-likeness (QED) is 0.258. The number of ether oxygens (including phenoxy) is 3. The van der Waals surface area contributed by atoms with E-state index in [1.165, 1.54) is 30.6 Å². The molecule has 1 aromatic heterocycles. The van der Waals surface area contributed by atoms with E-state index in [-0.39, 0.29) is 42.5 Å². The van der Waals surface area contributed by atoms with Crippen molar-refractivity contribution in [2.24, 2.45) is 5.92 Å². The highest BCUT2D eigenvalue weighted by atomic mass is 35.5. The number of anilines is 3. The van der Waals surface area contributed by atoms with Crippen LogP contribution in [0.5, 0.6) is 5.75 Å². The number of hydrogen-bond donors (Lipinski definition) is 3. The second kappa shape index (κ2) is 14.2. The Hall–Kier alpha value is -3.42. The number of halogens is 3. The van der Waals surface area contributed by atoms with E-state index in [1.807, 2.05) is 4.90 Å². The third kappa shape index (κ3) is 7.69. The van der Waals surface area contributed by atoms with E-state index in [0.29, 0.717) is 61.1 Å². The molecule has 2 saturated heterocycles. The fourth-order valence-electron chi connectivity index (χ4n) is 4.84. The number of rotatable bonds is 12. The molecule has 5 rings (SSSR count). The van der Waals surface area contributed by atoms with Crippen LogP contribution in [0.15, 0.2) is 48.6 Å². The SMILES string of the molecule is O=C(Nc1cc2c(Nc3ccc(F)c(Cl)c3)ncnc2cc1OC[C@H]1CCOC1)/C(F)=C/CN1CC[C@@H](OCCO)C1. The number of nitrogens with one attached hydrogen (secondary N) is 2. The lowest BCUT2D eigenvalue weighted by molar-refractivity contribution is -0.114. The number of benzene rings is 2. The average Bonchev–Trinajstić information content (AvgIpc) is 3.68. The second-order valence-electron chi connectivity index (χ2n) is 10.2. The molecule has 224 valence electrons. The molecule has 42 heavy (non-hydrogen) atoms. The highest BCUT2D eigenvalue weighted by Gasteiger charge is 2.23. The van der Waals surface area contributed by atoms with Gasteiger partial charge in [0.15, 0.2) is 5.83 Å². The number of aliphatic hydroxyl groups excluding tert-OH is 1. The van der Waals surface area contributed by atoms with Gasteiger partial charge < -0.3 is 30.0 Å². The van der Waals surface area contributed by atoms with Crippen LogP contribution in [0.3, 0.4) is 0 Å². The zero-order valence-corrected chi connectivity index (χ0v) is 23.6. The minimum absolute atomic E-state index is 0.0269. The first-order valence-electron chi connectivity index (χ1n) is 13.7. The number of fused-ring (bicyclic) bond motifs is 1. The summed E-state index contributed by atoms with van der Waals surface area (Å²) in [5.74, 6) is -1.52. The Morgan fingerprint density at radius 1 is 1.26 bits per heavy atom. The van der Waals surface area contributed by atoms with E-state index >= 15 is 0 Å². The Morgan fingerprint density at radius 2 is 2.14 bits per heavy atom. The molecule has 0 spiro atoms. The minimum Gasteiger partial charge on any atom is -0.491 e. The van der Waals surface area contributed by atoms with Gasteiger partial charge in [0.1, 0.15) is 23.7 Å². The first-order chi connectivity index (χ1) is 20.4. The standard InChI is InChI=1S/C29H32ClF2N5O5/c30-22-11-19(1-2-23(22)31)35-28-21-12-26(27(13-25(21)33-17-34-28)42-16-18-5-9-40-15-18)36-29(39)24(32)4-7-37-6-3-20(14-37)41-10-8-38/h1-2,4,11-13,17-18,20,38H,3,5-10,14-16H2,(H,36,39)(H,33,34,35)/b24-4-/t18-,20+/m0/s1. The predicted molar refractivity (Wildman–Crippen MR) is 154 cm³/mol. The molecule has 3 N–H and O–H groups in total. The Kier molecular flexibility index (Phi) is 10.1. The number of carbonyl (C=O) groups excluding carboxylic acids is 1. The van der Waals surface area contributed by atoms with Crippen LogP contribution in [0.2, 0.25) is 5.02 Å². The molecule has 0 unspecified atom stereocenters. The van der Waals surface area contributed by atoms with E-state index in [2.05, 4.69) is 20.6 Å². The number of aliphatic hydroxyl groups is 1. The van der Waals surface area contributed by atoms with Crippen LogP contribution in [0, 0.1) is 11.7 Å². The molecule has 3 heterocycles. The van der Waals surface area contributed by atoms with Gasteiger partial charge >= 0.3 is 0 Å². The van der Waals surface area contributed by atoms with Crippen molar-refractivity contribution in [1.29, 1.82) is 0 Å². The average molecular weight is 604 g/mol. The van der Waals surface area contributed by atoms with Crippen molar-refractivity contribution in [3.63, 3.8) is 0 Å². The molecule has 2 aliphatic heterocycles. The van der Waals surface area contributed by atoms with Gasteiger partial charge in [0, 0.05) is 49.3 Å². The van der Waals surface area contributed by atoms with E-state index in [4.69, 9.17) is 30.9 Å². The van der Waals surface area contributed by atoms with Gasteiger partial charge in [-0.2, -0.15) is 0 Å². The van der Waals surface area contributed by atoms with Gasteiger partial charge in [-0.05, 0) is 43.2 Å². The van der Waals surface area contributed by atoms with Crippen molar-refractivity contribution in [3.8, 4) is 5.75 Å².